The van der Waals surface area contributed by atoms with Crippen molar-refractivity contribution in [1.29, 1.82) is 0 Å². The molecule has 1 unspecified atom stereocenters. The SMILES string of the molecule is CN(C)c1cc(-c2ccc(N3CCN(C(=O)OC(C)(C)C)CC3=O)nc2)ccc1N(C=O)C1CCC(=O)NC1=O. The maximum absolute atomic E-state index is 12.8. The molecule has 1 N–H and O–H groups in total. The molecule has 0 spiro atoms. The number of nitrogens with zero attached hydrogens (tertiary/aromatic N) is 5. The maximum atomic E-state index is 12.8. The number of hydrogen-bond donors (Lipinski definition) is 1. The van der Waals surface area contributed by atoms with Crippen LogP contribution in [0.15, 0.2) is 36.5 Å². The summed E-state index contributed by atoms with van der Waals surface area (Å²) in [5.41, 5.74) is 2.21. The van der Waals surface area contributed by atoms with Gasteiger partial charge < -0.3 is 14.5 Å². The molecular formula is C28H34N6O6. The van der Waals surface area contributed by atoms with Crippen LogP contribution in [0.1, 0.15) is 33.6 Å². The highest BCUT2D eigenvalue weighted by atomic mass is 16.6. The van der Waals surface area contributed by atoms with E-state index in [2.05, 4.69) is 10.3 Å². The molecule has 3 heterocycles. The number of piperazine rings is 1. The molecule has 0 saturated carbocycles. The molecule has 0 aliphatic carbocycles. The van der Waals surface area contributed by atoms with E-state index >= 15 is 0 Å². The minimum absolute atomic E-state index is 0.0909. The molecule has 2 aromatic rings. The molecule has 40 heavy (non-hydrogen) atoms. The molecule has 12 nitrogen and oxygen atoms in total. The summed E-state index contributed by atoms with van der Waals surface area (Å²) in [6.45, 7) is 5.87. The number of nitrogens with one attached hydrogen (secondary N) is 1. The van der Waals surface area contributed by atoms with Gasteiger partial charge in [-0.15, -0.1) is 0 Å². The molecule has 2 fully saturated rings. The first kappa shape index (κ1) is 28.5. The Morgan fingerprint density at radius 1 is 1.07 bits per heavy atom. The highest BCUT2D eigenvalue weighted by Gasteiger charge is 2.34. The lowest BCUT2D eigenvalue weighted by molar-refractivity contribution is -0.135. The molecule has 1 aromatic carbocycles. The molecule has 12 heteroatoms. The number of pyridine rings is 1. The first-order valence-corrected chi connectivity index (χ1v) is 13.0. The summed E-state index contributed by atoms with van der Waals surface area (Å²) in [6, 6.07) is 8.29. The van der Waals surface area contributed by atoms with E-state index in [1.54, 1.807) is 44.0 Å². The van der Waals surface area contributed by atoms with Gasteiger partial charge in [-0.1, -0.05) is 6.07 Å². The smallest absolute Gasteiger partial charge is 0.410 e. The molecule has 1 aromatic heterocycles. The summed E-state index contributed by atoms with van der Waals surface area (Å²) in [5, 5.41) is 2.30. The van der Waals surface area contributed by atoms with Crippen LogP contribution >= 0.6 is 0 Å². The minimum Gasteiger partial charge on any atom is -0.444 e. The molecule has 0 bridgehead atoms. The van der Waals surface area contributed by atoms with E-state index in [9.17, 15) is 24.0 Å². The van der Waals surface area contributed by atoms with Crippen LogP contribution in [0.4, 0.5) is 22.0 Å². The highest BCUT2D eigenvalue weighted by Crippen LogP contribution is 2.35. The van der Waals surface area contributed by atoms with Gasteiger partial charge in [-0.25, -0.2) is 9.78 Å². The molecule has 212 valence electrons. The van der Waals surface area contributed by atoms with E-state index in [-0.39, 0.29) is 31.2 Å². The second kappa shape index (κ2) is 11.3. The van der Waals surface area contributed by atoms with Gasteiger partial charge in [0.05, 0.1) is 11.4 Å². The number of carbonyl (C=O) groups excluding carboxylic acids is 5. The lowest BCUT2D eigenvalue weighted by Gasteiger charge is -2.34. The van der Waals surface area contributed by atoms with Gasteiger partial charge >= 0.3 is 6.09 Å². The normalized spacial score (nSPS) is 17.8. The number of rotatable bonds is 6. The number of benzene rings is 1. The highest BCUT2D eigenvalue weighted by molar-refractivity contribution is 6.05. The van der Waals surface area contributed by atoms with Crippen molar-refractivity contribution >= 4 is 47.4 Å². The average Bonchev–Trinajstić information content (AvgIpc) is 2.89. The van der Waals surface area contributed by atoms with Crippen LogP contribution in [0.2, 0.25) is 0 Å². The van der Waals surface area contributed by atoms with Crippen molar-refractivity contribution in [2.45, 2.75) is 45.3 Å². The molecule has 5 amide bonds. The quantitative estimate of drug-likeness (QED) is 0.428. The van der Waals surface area contributed by atoms with Crippen molar-refractivity contribution in [1.82, 2.24) is 15.2 Å². The zero-order valence-corrected chi connectivity index (χ0v) is 23.3. The molecule has 2 saturated heterocycles. The first-order chi connectivity index (χ1) is 18.9. The predicted molar refractivity (Wildman–Crippen MR) is 149 cm³/mol. The first-order valence-electron chi connectivity index (χ1n) is 13.0. The summed E-state index contributed by atoms with van der Waals surface area (Å²) < 4.78 is 5.37. The topological polar surface area (TPSA) is 132 Å². The van der Waals surface area contributed by atoms with Crippen LogP contribution in [0.3, 0.4) is 0 Å². The number of anilines is 3. The summed E-state index contributed by atoms with van der Waals surface area (Å²) in [4.78, 5) is 71.8. The molecule has 0 radical (unpaired) electrons. The lowest BCUT2D eigenvalue weighted by atomic mass is 10.0. The number of carbonyl (C=O) groups is 5. The van der Waals surface area contributed by atoms with E-state index in [1.165, 1.54) is 9.80 Å². The minimum atomic E-state index is -0.783. The monoisotopic (exact) mass is 550 g/mol. The van der Waals surface area contributed by atoms with Gasteiger partial charge in [0.15, 0.2) is 0 Å². The molecular weight excluding hydrogens is 516 g/mol. The second-order valence-electron chi connectivity index (χ2n) is 10.9. The van der Waals surface area contributed by atoms with Crippen molar-refractivity contribution < 1.29 is 28.7 Å². The largest absolute Gasteiger partial charge is 0.444 e. The Labute approximate surface area is 232 Å². The zero-order chi connectivity index (χ0) is 29.2. The Hall–Kier alpha value is -4.48. The van der Waals surface area contributed by atoms with Crippen LogP contribution in [0, 0.1) is 0 Å². The lowest BCUT2D eigenvalue weighted by Crippen LogP contribution is -2.53. The summed E-state index contributed by atoms with van der Waals surface area (Å²) >= 11 is 0. The summed E-state index contributed by atoms with van der Waals surface area (Å²) in [5.74, 6) is -0.623. The number of imide groups is 1. The Balaban J connectivity index is 1.51. The predicted octanol–water partition coefficient (Wildman–Crippen LogP) is 2.17. The summed E-state index contributed by atoms with van der Waals surface area (Å²) in [7, 11) is 3.67. The third kappa shape index (κ3) is 6.22. The van der Waals surface area contributed by atoms with Gasteiger partial charge in [-0.2, -0.15) is 0 Å². The molecule has 1 atom stereocenters. The number of aromatic nitrogens is 1. The van der Waals surface area contributed by atoms with Gasteiger partial charge in [-0.05, 0) is 57.0 Å². The van der Waals surface area contributed by atoms with Gasteiger partial charge in [0, 0.05) is 45.4 Å². The van der Waals surface area contributed by atoms with Crippen LogP contribution in [0.5, 0.6) is 0 Å². The Morgan fingerprint density at radius 3 is 2.38 bits per heavy atom. The van der Waals surface area contributed by atoms with Crippen molar-refractivity contribution in [3.8, 4) is 11.1 Å². The van der Waals surface area contributed by atoms with Gasteiger partial charge in [0.25, 0.3) is 0 Å². The Kier molecular flexibility index (Phi) is 8.08. The van der Waals surface area contributed by atoms with Crippen molar-refractivity contribution in [2.75, 3.05) is 48.4 Å². The third-order valence-corrected chi connectivity index (χ3v) is 6.62. The van der Waals surface area contributed by atoms with E-state index in [1.807, 2.05) is 37.2 Å². The zero-order valence-electron chi connectivity index (χ0n) is 23.3. The van der Waals surface area contributed by atoms with E-state index in [0.29, 0.717) is 36.7 Å². The Morgan fingerprint density at radius 2 is 1.80 bits per heavy atom. The number of amides is 5. The van der Waals surface area contributed by atoms with Crippen molar-refractivity contribution in [2.24, 2.45) is 0 Å². The van der Waals surface area contributed by atoms with E-state index in [0.717, 1.165) is 11.1 Å². The van der Waals surface area contributed by atoms with E-state index in [4.69, 9.17) is 4.74 Å². The number of hydrogen-bond acceptors (Lipinski definition) is 8. The van der Waals surface area contributed by atoms with Gasteiger partial charge in [-0.3, -0.25) is 34.3 Å². The average molecular weight is 551 g/mol. The third-order valence-electron chi connectivity index (χ3n) is 6.62. The maximum Gasteiger partial charge on any atom is 0.410 e. The fraction of sp³-hybridized carbons (Fsp3) is 0.429. The van der Waals surface area contributed by atoms with Crippen molar-refractivity contribution in [3.05, 3.63) is 36.5 Å². The van der Waals surface area contributed by atoms with Crippen LogP contribution < -0.4 is 20.0 Å². The standard InChI is InChI=1S/C28H34N6O6/c1-28(2,3)40-27(39)32-12-13-33(25(37)16-32)23-10-7-19(15-29-23)18-6-8-20(22(14-18)31(4)5)34(17-35)21-9-11-24(36)30-26(21)38/h6-8,10,14-15,17,21H,9,11-13,16H2,1-5H3,(H,30,36,38). The summed E-state index contributed by atoms with van der Waals surface area (Å²) in [6.07, 6.45) is 2.16. The van der Waals surface area contributed by atoms with Gasteiger partial charge in [0.2, 0.25) is 24.1 Å². The van der Waals surface area contributed by atoms with Crippen molar-refractivity contribution in [3.63, 3.8) is 0 Å². The van der Waals surface area contributed by atoms with Crippen LogP contribution in [-0.2, 0) is 23.9 Å². The van der Waals surface area contributed by atoms with E-state index < -0.39 is 23.6 Å². The number of piperidine rings is 1. The molecule has 2 aliphatic rings. The van der Waals surface area contributed by atoms with Crippen LogP contribution in [0.25, 0.3) is 11.1 Å². The second-order valence-corrected chi connectivity index (χ2v) is 10.9. The Bertz CT molecular complexity index is 1320. The molecule has 2 aliphatic heterocycles. The fourth-order valence-electron chi connectivity index (χ4n) is 4.64. The fourth-order valence-corrected chi connectivity index (χ4v) is 4.64. The van der Waals surface area contributed by atoms with Crippen LogP contribution in [-0.4, -0.2) is 85.5 Å². The number of ether oxygens (including phenoxy) is 1. The van der Waals surface area contributed by atoms with Gasteiger partial charge in [0.1, 0.15) is 24.0 Å². The molecule has 4 rings (SSSR count).